The van der Waals surface area contributed by atoms with Crippen molar-refractivity contribution >= 4 is 5.97 Å². The molecule has 0 aromatic rings. The minimum absolute atomic E-state index is 0.0717. The van der Waals surface area contributed by atoms with Crippen LogP contribution in [0.25, 0.3) is 0 Å². The Kier molecular flexibility index (Phi) is 2.38. The predicted molar refractivity (Wildman–Crippen MR) is 48.0 cm³/mol. The van der Waals surface area contributed by atoms with Crippen LogP contribution >= 0.6 is 0 Å². The van der Waals surface area contributed by atoms with Gasteiger partial charge in [-0.25, -0.2) is 4.79 Å². The second-order valence-corrected chi connectivity index (χ2v) is 4.70. The summed E-state index contributed by atoms with van der Waals surface area (Å²) in [6.07, 6.45) is 0.615. The van der Waals surface area contributed by atoms with Crippen LogP contribution in [0.5, 0.6) is 0 Å². The Morgan fingerprint density at radius 1 is 1.54 bits per heavy atom. The highest BCUT2D eigenvalue weighted by Crippen LogP contribution is 2.33. The number of hydrogen-bond acceptors (Lipinski definition) is 4. The monoisotopic (exact) mass is 187 g/mol. The summed E-state index contributed by atoms with van der Waals surface area (Å²) >= 11 is 0. The molecule has 0 spiro atoms. The second kappa shape index (κ2) is 2.96. The average Bonchev–Trinajstić information content (AvgIpc) is 1.80. The first-order valence-electron chi connectivity index (χ1n) is 4.44. The number of hydrogen-bond donors (Lipinski definition) is 2. The summed E-state index contributed by atoms with van der Waals surface area (Å²) in [4.78, 5) is 11.4. The molecule has 1 rings (SSSR count). The molecule has 0 aliphatic heterocycles. The van der Waals surface area contributed by atoms with Crippen LogP contribution in [0, 0.1) is 0 Å². The molecule has 1 saturated carbocycles. The van der Waals surface area contributed by atoms with Gasteiger partial charge in [0.2, 0.25) is 0 Å². The first-order valence-corrected chi connectivity index (χ1v) is 4.44. The normalized spacial score (nSPS) is 33.8. The quantitative estimate of drug-likeness (QED) is 0.574. The van der Waals surface area contributed by atoms with Gasteiger partial charge in [0, 0.05) is 18.9 Å². The maximum atomic E-state index is 11.4. The largest absolute Gasteiger partial charge is 0.458 e. The van der Waals surface area contributed by atoms with E-state index in [1.54, 1.807) is 20.8 Å². The number of aliphatic hydroxyl groups is 1. The molecule has 0 aromatic carbocycles. The smallest absolute Gasteiger partial charge is 0.338 e. The van der Waals surface area contributed by atoms with E-state index in [-0.39, 0.29) is 6.04 Å². The van der Waals surface area contributed by atoms with Crippen LogP contribution in [0.15, 0.2) is 0 Å². The third-order valence-electron chi connectivity index (χ3n) is 1.98. The molecule has 0 amide bonds. The van der Waals surface area contributed by atoms with Gasteiger partial charge in [-0.05, 0) is 20.8 Å². The highest BCUT2D eigenvalue weighted by atomic mass is 16.6. The predicted octanol–water partition coefficient (Wildman–Crippen LogP) is 0.180. The number of rotatable bonds is 1. The topological polar surface area (TPSA) is 72.5 Å². The molecule has 0 aromatic heterocycles. The standard InChI is InChI=1S/C9H17NO3/c1-8(2,3)13-7(11)9(12)4-6(10)5-9/h6,12H,4-5,10H2,1-3H3. The Hall–Kier alpha value is -0.610. The molecule has 13 heavy (non-hydrogen) atoms. The Balaban J connectivity index is 2.50. The van der Waals surface area contributed by atoms with Crippen molar-refractivity contribution in [2.24, 2.45) is 5.73 Å². The molecule has 76 valence electrons. The molecule has 1 aliphatic carbocycles. The lowest BCUT2D eigenvalue weighted by molar-refractivity contribution is -0.187. The van der Waals surface area contributed by atoms with E-state index in [1.165, 1.54) is 0 Å². The van der Waals surface area contributed by atoms with E-state index in [4.69, 9.17) is 10.5 Å². The molecule has 4 heteroatoms. The molecule has 0 unspecified atom stereocenters. The summed E-state index contributed by atoms with van der Waals surface area (Å²) in [5.74, 6) is -0.554. The van der Waals surface area contributed by atoms with E-state index in [9.17, 15) is 9.90 Å². The maximum absolute atomic E-state index is 11.4. The van der Waals surface area contributed by atoms with Crippen LogP contribution < -0.4 is 5.73 Å². The highest BCUT2D eigenvalue weighted by molar-refractivity contribution is 5.81. The van der Waals surface area contributed by atoms with Gasteiger partial charge in [0.25, 0.3) is 0 Å². The van der Waals surface area contributed by atoms with Crippen molar-refractivity contribution in [3.63, 3.8) is 0 Å². The van der Waals surface area contributed by atoms with Crippen LogP contribution in [-0.4, -0.2) is 28.3 Å². The molecule has 1 fully saturated rings. The molecule has 1 aliphatic rings. The van der Waals surface area contributed by atoms with E-state index in [0.29, 0.717) is 12.8 Å². The Morgan fingerprint density at radius 2 is 2.00 bits per heavy atom. The van der Waals surface area contributed by atoms with Crippen LogP contribution in [-0.2, 0) is 9.53 Å². The minimum atomic E-state index is -1.33. The third-order valence-corrected chi connectivity index (χ3v) is 1.98. The van der Waals surface area contributed by atoms with Crippen molar-refractivity contribution in [2.75, 3.05) is 0 Å². The van der Waals surface area contributed by atoms with Crippen molar-refractivity contribution in [1.82, 2.24) is 0 Å². The molecule has 0 saturated heterocycles. The summed E-state index contributed by atoms with van der Waals surface area (Å²) in [7, 11) is 0. The highest BCUT2D eigenvalue weighted by Gasteiger charge is 2.49. The van der Waals surface area contributed by atoms with Gasteiger partial charge in [0.05, 0.1) is 0 Å². The van der Waals surface area contributed by atoms with Crippen molar-refractivity contribution in [3.8, 4) is 0 Å². The lowest BCUT2D eigenvalue weighted by atomic mass is 9.76. The number of esters is 1. The number of ether oxygens (including phenoxy) is 1. The van der Waals surface area contributed by atoms with Gasteiger partial charge >= 0.3 is 5.97 Å². The molecule has 0 radical (unpaired) electrons. The van der Waals surface area contributed by atoms with E-state index in [0.717, 1.165) is 0 Å². The average molecular weight is 187 g/mol. The van der Waals surface area contributed by atoms with Gasteiger partial charge < -0.3 is 15.6 Å². The number of carbonyl (C=O) groups excluding carboxylic acids is 1. The molecule has 0 bridgehead atoms. The molecule has 0 atom stereocenters. The van der Waals surface area contributed by atoms with Crippen LogP contribution in [0.2, 0.25) is 0 Å². The first-order chi connectivity index (χ1) is 5.73. The molecular formula is C9H17NO3. The lowest BCUT2D eigenvalue weighted by Gasteiger charge is -2.40. The zero-order valence-corrected chi connectivity index (χ0v) is 8.33. The molecular weight excluding hydrogens is 170 g/mol. The molecule has 4 nitrogen and oxygen atoms in total. The van der Waals surface area contributed by atoms with E-state index in [2.05, 4.69) is 0 Å². The fourth-order valence-electron chi connectivity index (χ4n) is 1.35. The van der Waals surface area contributed by atoms with Crippen molar-refractivity contribution in [2.45, 2.75) is 50.9 Å². The zero-order valence-electron chi connectivity index (χ0n) is 8.33. The molecule has 3 N–H and O–H groups in total. The van der Waals surface area contributed by atoms with Crippen LogP contribution in [0.4, 0.5) is 0 Å². The summed E-state index contributed by atoms with van der Waals surface area (Å²) < 4.78 is 5.05. The number of nitrogens with two attached hydrogens (primary N) is 1. The zero-order chi connectivity index (χ0) is 10.3. The number of carbonyl (C=O) groups is 1. The maximum Gasteiger partial charge on any atom is 0.338 e. The van der Waals surface area contributed by atoms with Gasteiger partial charge in [-0.3, -0.25) is 0 Å². The Labute approximate surface area is 78.1 Å². The minimum Gasteiger partial charge on any atom is -0.458 e. The van der Waals surface area contributed by atoms with Gasteiger partial charge in [-0.1, -0.05) is 0 Å². The summed E-state index contributed by atoms with van der Waals surface area (Å²) in [5.41, 5.74) is 3.61. The van der Waals surface area contributed by atoms with Gasteiger partial charge in [0.15, 0.2) is 5.60 Å². The third kappa shape index (κ3) is 2.42. The summed E-state index contributed by atoms with van der Waals surface area (Å²) in [6, 6.07) is -0.0717. The Bertz CT molecular complexity index is 213. The fraction of sp³-hybridized carbons (Fsp3) is 0.889. The van der Waals surface area contributed by atoms with Crippen LogP contribution in [0.3, 0.4) is 0 Å². The van der Waals surface area contributed by atoms with Gasteiger partial charge in [-0.15, -0.1) is 0 Å². The van der Waals surface area contributed by atoms with Gasteiger partial charge in [0.1, 0.15) is 5.60 Å². The SMILES string of the molecule is CC(C)(C)OC(=O)C1(O)CC(N)C1. The van der Waals surface area contributed by atoms with Gasteiger partial charge in [-0.2, -0.15) is 0 Å². The Morgan fingerprint density at radius 3 is 2.31 bits per heavy atom. The van der Waals surface area contributed by atoms with E-state index < -0.39 is 17.2 Å². The first kappa shape index (κ1) is 10.5. The summed E-state index contributed by atoms with van der Waals surface area (Å²) in [6.45, 7) is 5.31. The van der Waals surface area contributed by atoms with E-state index in [1.807, 2.05) is 0 Å². The van der Waals surface area contributed by atoms with E-state index >= 15 is 0 Å². The molecule has 0 heterocycles. The lowest BCUT2D eigenvalue weighted by Crippen LogP contribution is -2.58. The van der Waals surface area contributed by atoms with Crippen molar-refractivity contribution in [3.05, 3.63) is 0 Å². The van der Waals surface area contributed by atoms with Crippen LogP contribution in [0.1, 0.15) is 33.6 Å². The summed E-state index contributed by atoms with van der Waals surface area (Å²) in [5, 5.41) is 9.66. The fourth-order valence-corrected chi connectivity index (χ4v) is 1.35. The van der Waals surface area contributed by atoms with Crippen molar-refractivity contribution in [1.29, 1.82) is 0 Å². The second-order valence-electron chi connectivity index (χ2n) is 4.70. The van der Waals surface area contributed by atoms with Crippen molar-refractivity contribution < 1.29 is 14.6 Å².